The highest BCUT2D eigenvalue weighted by Gasteiger charge is 2.24. The largest absolute Gasteiger partial charge is 0.478 e. The number of aromatic carboxylic acids is 3. The molecule has 4 aliphatic rings. The van der Waals surface area contributed by atoms with Crippen molar-refractivity contribution in [2.75, 3.05) is 159 Å². The molecule has 4 aliphatic heterocycles. The van der Waals surface area contributed by atoms with Crippen molar-refractivity contribution >= 4 is 131 Å². The van der Waals surface area contributed by atoms with Crippen molar-refractivity contribution in [3.63, 3.8) is 0 Å². The molecule has 4 fully saturated rings. The number of carboxylic acids is 3. The number of hydrogen-bond donors (Lipinski definition) is 10. The number of nitrogens with one attached hydrogen (secondary N) is 5. The number of pyridine rings is 2. The second kappa shape index (κ2) is 40.4. The van der Waals surface area contributed by atoms with Crippen molar-refractivity contribution in [1.29, 1.82) is 0 Å². The SMILES string of the molecule is CC(=O)Cc1ccc(N2CCOCC2)c(C(=O)Nc2ccc3[nH]c(=O)cc(C)c3c2)c1.CC(=O)Cl.CC(=O)Nc1ccc(N2CCOCC2)c(C(=O)O)c1.CC(=O)Nc1ccc(N2CCOCC2)c(C(=O)O)c1.Cc1cc(=O)[nH]c2ccc(N)cc12.Nc1ccc(N2CCOCC2)c(C(=O)O)c1.[2H]CF. The van der Waals surface area contributed by atoms with Crippen LogP contribution in [0.15, 0.2) is 131 Å². The lowest BCUT2D eigenvalue weighted by Gasteiger charge is -2.30. The number of ketones is 1. The Morgan fingerprint density at radius 2 is 0.788 bits per heavy atom. The lowest BCUT2D eigenvalue weighted by atomic mass is 10.0. The van der Waals surface area contributed by atoms with Crippen molar-refractivity contribution in [2.24, 2.45) is 0 Å². The molecule has 8 aromatic rings. The molecule has 0 atom stereocenters. The van der Waals surface area contributed by atoms with Gasteiger partial charge in [-0.05, 0) is 152 Å². The number of halogens is 2. The number of alkyl halides is 1. The van der Waals surface area contributed by atoms with Gasteiger partial charge < -0.3 is 91.3 Å². The summed E-state index contributed by atoms with van der Waals surface area (Å²) in [6, 6.07) is 34.4. The molecule has 4 saturated heterocycles. The Labute approximate surface area is 605 Å². The lowest BCUT2D eigenvalue weighted by Crippen LogP contribution is -2.37. The number of aromatic nitrogens is 2. The van der Waals surface area contributed by atoms with E-state index in [1.165, 1.54) is 52.0 Å². The summed E-state index contributed by atoms with van der Waals surface area (Å²) in [5.41, 5.74) is 22.0. The number of carbonyl (C=O) groups excluding carboxylic acids is 5. The number of hydrogen-bond acceptors (Lipinski definition) is 20. The maximum Gasteiger partial charge on any atom is 0.337 e. The second-order valence-electron chi connectivity index (χ2n) is 23.8. The number of carboxylic acid groups (broad SMARTS) is 3. The molecule has 3 amide bonds. The van der Waals surface area contributed by atoms with Gasteiger partial charge in [-0.1, -0.05) is 6.07 Å². The first-order chi connectivity index (χ1) is 50.0. The molecule has 0 radical (unpaired) electrons. The van der Waals surface area contributed by atoms with Crippen LogP contribution in [0.5, 0.6) is 0 Å². The second-order valence-corrected chi connectivity index (χ2v) is 24.3. The van der Waals surface area contributed by atoms with E-state index < -0.39 is 25.1 Å². The topological polar surface area (TPSA) is 401 Å². The van der Waals surface area contributed by atoms with E-state index in [-0.39, 0.29) is 63.0 Å². The van der Waals surface area contributed by atoms with Gasteiger partial charge in [-0.15, -0.1) is 0 Å². The number of Topliss-reactive ketones (excluding diaryl/α,β-unsaturated/α-hetero) is 1. The Kier molecular flexibility index (Phi) is 31.1. The average molecular weight is 1460 g/mol. The summed E-state index contributed by atoms with van der Waals surface area (Å²) < 4.78 is 36.7. The van der Waals surface area contributed by atoms with Crippen LogP contribution in [0.3, 0.4) is 0 Å². The standard InChI is InChI=1S/C24H25N3O4.2C13H16N2O4.C11H14N2O3.C10H10N2O.C2H3ClO.CH3F/c1-15-11-23(29)26-21-5-4-18(14-19(15)21)25-24(30)20-13-17(12-16(2)28)3-6-22(20)27-7-9-31-10-8-27;2*1-9(16)14-10-2-3-12(11(8-10)13(17)18)15-4-6-19-7-5-15;12-8-1-2-10(9(7-8)11(14)15)13-3-5-16-6-4-13;1-6-4-10(13)12-9-3-2-7(11)5-8(6)9;1-2(3)4;1-2/h3-6,11,13-14H,7-10,12H2,1-2H3,(H,25,30)(H,26,29);2*2-3,8H,4-7H2,1H3,(H,14,16)(H,17,18);1-2,7H,3-6,12H2,(H,14,15);2-5H,11H2,1H3,(H,12,13);1H3;1H3/i;;;;;;1D. The minimum atomic E-state index is -1.01. The van der Waals surface area contributed by atoms with E-state index in [2.05, 4.69) is 42.4 Å². The number of nitrogens with zero attached hydrogens (tertiary/aromatic N) is 4. The van der Waals surface area contributed by atoms with Gasteiger partial charge in [0.2, 0.25) is 28.2 Å². The molecular weight excluding hydrogens is 1370 g/mol. The van der Waals surface area contributed by atoms with Crippen LogP contribution in [-0.2, 0) is 44.5 Å². The van der Waals surface area contributed by atoms with Crippen LogP contribution in [0.2, 0.25) is 0 Å². The normalized spacial score (nSPS) is 13.9. The Hall–Kier alpha value is -11.2. The third-order valence-corrected chi connectivity index (χ3v) is 15.9. The van der Waals surface area contributed by atoms with Crippen molar-refractivity contribution < 1.29 is 78.4 Å². The highest BCUT2D eigenvalue weighted by atomic mass is 35.5. The van der Waals surface area contributed by atoms with E-state index >= 15 is 0 Å². The predicted octanol–water partition coefficient (Wildman–Crippen LogP) is 9.00. The maximum absolute atomic E-state index is 13.3. The highest BCUT2D eigenvalue weighted by Crippen LogP contribution is 2.30. The van der Waals surface area contributed by atoms with Crippen LogP contribution >= 0.6 is 11.6 Å². The number of nitrogen functional groups attached to an aromatic ring is 2. The number of aryl methyl sites for hydroxylation is 2. The highest BCUT2D eigenvalue weighted by molar-refractivity contribution is 6.62. The molecular formula is C74H87ClFN11O17. The monoisotopic (exact) mass is 1460 g/mol. The number of nitrogens with two attached hydrogens (primary N) is 2. The molecule has 30 heteroatoms. The van der Waals surface area contributed by atoms with Gasteiger partial charge in [0, 0.05) is 148 Å². The van der Waals surface area contributed by atoms with Crippen LogP contribution in [0.25, 0.3) is 21.8 Å². The molecule has 6 heterocycles. The molecule has 12 rings (SSSR count). The van der Waals surface area contributed by atoms with Crippen LogP contribution in [0.4, 0.5) is 55.6 Å². The summed E-state index contributed by atoms with van der Waals surface area (Å²) in [4.78, 5) is 126. The minimum Gasteiger partial charge on any atom is -0.478 e. The third-order valence-electron chi connectivity index (χ3n) is 15.9. The lowest BCUT2D eigenvalue weighted by molar-refractivity contribution is -0.116. The van der Waals surface area contributed by atoms with Gasteiger partial charge >= 0.3 is 17.9 Å². The molecule has 104 heavy (non-hydrogen) atoms. The Morgan fingerprint density at radius 3 is 1.17 bits per heavy atom. The molecule has 2 aromatic heterocycles. The van der Waals surface area contributed by atoms with E-state index in [1.54, 1.807) is 66.7 Å². The molecule has 0 saturated carbocycles. The summed E-state index contributed by atoms with van der Waals surface area (Å²) in [5.74, 6) is -3.61. The van der Waals surface area contributed by atoms with Gasteiger partial charge in [-0.3, -0.25) is 38.0 Å². The van der Waals surface area contributed by atoms with Crippen LogP contribution in [0.1, 0.15) is 87.2 Å². The fraction of sp³-hybridized carbons (Fsp3) is 0.324. The summed E-state index contributed by atoms with van der Waals surface area (Å²) in [6.45, 7) is 19.7. The zero-order chi connectivity index (χ0) is 76.9. The zero-order valence-electron chi connectivity index (χ0n) is 59.5. The number of ether oxygens (including phenoxy) is 4. The number of anilines is 9. The molecule has 28 nitrogen and oxygen atoms in total. The van der Waals surface area contributed by atoms with Gasteiger partial charge in [-0.25, -0.2) is 14.4 Å². The number of carbonyl (C=O) groups is 8. The van der Waals surface area contributed by atoms with Gasteiger partial charge in [0.05, 0.1) is 101 Å². The molecule has 12 N–H and O–H groups in total. The van der Waals surface area contributed by atoms with Gasteiger partial charge in [0.1, 0.15) is 5.78 Å². The number of H-pyrrole nitrogens is 2. The van der Waals surface area contributed by atoms with Gasteiger partial charge in [0.15, 0.2) is 0 Å². The van der Waals surface area contributed by atoms with Gasteiger partial charge in [-0.2, -0.15) is 0 Å². The molecule has 0 unspecified atom stereocenters. The van der Waals surface area contributed by atoms with Crippen molar-refractivity contribution in [1.82, 2.24) is 9.97 Å². The first-order valence-electron chi connectivity index (χ1n) is 33.5. The molecule has 0 bridgehead atoms. The van der Waals surface area contributed by atoms with Crippen LogP contribution in [0, 0.1) is 13.8 Å². The van der Waals surface area contributed by atoms with Crippen LogP contribution < -0.4 is 58.1 Å². The van der Waals surface area contributed by atoms with E-state index in [0.29, 0.717) is 156 Å². The Morgan fingerprint density at radius 1 is 0.471 bits per heavy atom. The average Bonchev–Trinajstić information content (AvgIpc) is 0.821. The summed E-state index contributed by atoms with van der Waals surface area (Å²) in [5, 5.41) is 37.3. The first kappa shape index (κ1) is 80.1. The number of aromatic amines is 2. The predicted molar refractivity (Wildman–Crippen MR) is 401 cm³/mol. The van der Waals surface area contributed by atoms with Crippen molar-refractivity contribution in [3.05, 3.63) is 181 Å². The Balaban J connectivity index is 0.000000207. The summed E-state index contributed by atoms with van der Waals surface area (Å²) >= 11 is 4.64. The maximum atomic E-state index is 13.3. The van der Waals surface area contributed by atoms with Crippen molar-refractivity contribution in [3.8, 4) is 0 Å². The quantitative estimate of drug-likeness (QED) is 0.0380. The fourth-order valence-corrected chi connectivity index (χ4v) is 11.3. The summed E-state index contributed by atoms with van der Waals surface area (Å²) in [7, 11) is -1.00. The van der Waals surface area contributed by atoms with Crippen LogP contribution in [-0.4, -0.2) is 184 Å². The van der Waals surface area contributed by atoms with Crippen molar-refractivity contribution in [2.45, 2.75) is 48.0 Å². The first-order valence-corrected chi connectivity index (χ1v) is 33.1. The number of amides is 3. The third kappa shape index (κ3) is 25.1. The smallest absolute Gasteiger partial charge is 0.337 e. The van der Waals surface area contributed by atoms with E-state index in [1.807, 2.05) is 58.9 Å². The molecule has 554 valence electrons. The van der Waals surface area contributed by atoms with E-state index in [9.17, 15) is 62.5 Å². The fourth-order valence-electron chi connectivity index (χ4n) is 11.3. The van der Waals surface area contributed by atoms with E-state index in [0.717, 1.165) is 44.2 Å². The zero-order valence-corrected chi connectivity index (χ0v) is 59.3. The minimum absolute atomic E-state index is 0.0458. The number of morpholine rings is 4. The molecule has 6 aromatic carbocycles. The molecule has 0 spiro atoms. The van der Waals surface area contributed by atoms with E-state index in [4.69, 9.17) is 36.9 Å². The Bertz CT molecular complexity index is 4400. The number of rotatable bonds is 13. The van der Waals surface area contributed by atoms with Gasteiger partial charge in [0.25, 0.3) is 5.91 Å². The number of fused-ring (bicyclic) bond motifs is 2. The summed E-state index contributed by atoms with van der Waals surface area (Å²) in [6.07, 6.45) is 0.284. The number of benzene rings is 6. The molecule has 0 aliphatic carbocycles.